The minimum atomic E-state index is -1.65. The topological polar surface area (TPSA) is 67.4 Å². The van der Waals surface area contributed by atoms with E-state index < -0.39 is 11.3 Å². The van der Waals surface area contributed by atoms with Crippen molar-refractivity contribution < 1.29 is 13.2 Å². The van der Waals surface area contributed by atoms with Crippen LogP contribution in [0.3, 0.4) is 0 Å². The molecule has 0 radical (unpaired) electrons. The van der Waals surface area contributed by atoms with Gasteiger partial charge in [0.05, 0.1) is 0 Å². The molecule has 1 aliphatic heterocycles. The normalized spacial score (nSPS) is 18.2. The second-order valence-corrected chi connectivity index (χ2v) is 6.74. The molecule has 1 amide bonds. The third-order valence-electron chi connectivity index (χ3n) is 4.00. The molecule has 3 rings (SSSR count). The van der Waals surface area contributed by atoms with Gasteiger partial charge in [0.1, 0.15) is 5.75 Å². The second-order valence-electron chi connectivity index (χ2n) is 5.81. The summed E-state index contributed by atoms with van der Waals surface area (Å²) in [7, 11) is 0. The molecule has 1 saturated heterocycles. The van der Waals surface area contributed by atoms with E-state index in [0.717, 1.165) is 23.1 Å². The van der Waals surface area contributed by atoms with Crippen LogP contribution in [0.25, 0.3) is 11.1 Å². The first kappa shape index (κ1) is 16.7. The molecule has 0 spiro atoms. The number of rotatable bonds is 6. The van der Waals surface area contributed by atoms with Crippen LogP contribution in [0, 0.1) is 6.92 Å². The maximum absolute atomic E-state index is 12.0. The number of carbonyl (C=O) groups excluding carboxylic acids is 1. The molecule has 2 atom stereocenters. The van der Waals surface area contributed by atoms with E-state index in [4.69, 9.17) is 4.18 Å². The summed E-state index contributed by atoms with van der Waals surface area (Å²) in [6.07, 6.45) is 1.28. The van der Waals surface area contributed by atoms with Gasteiger partial charge in [-0.05, 0) is 42.2 Å². The maximum atomic E-state index is 12.0. The van der Waals surface area contributed by atoms with Gasteiger partial charge >= 0.3 is 0 Å². The molecule has 0 aromatic heterocycles. The van der Waals surface area contributed by atoms with Crippen LogP contribution in [-0.4, -0.2) is 22.7 Å². The van der Waals surface area contributed by atoms with Gasteiger partial charge in [-0.2, -0.15) is 4.21 Å². The van der Waals surface area contributed by atoms with Crippen LogP contribution in [0.2, 0.25) is 0 Å². The van der Waals surface area contributed by atoms with E-state index >= 15 is 0 Å². The van der Waals surface area contributed by atoms with Gasteiger partial charge in [0.25, 0.3) is 11.3 Å². The van der Waals surface area contributed by atoms with E-state index in [2.05, 4.69) is 10.0 Å². The molecule has 24 heavy (non-hydrogen) atoms. The van der Waals surface area contributed by atoms with Crippen molar-refractivity contribution in [1.29, 1.82) is 0 Å². The summed E-state index contributed by atoms with van der Waals surface area (Å²) in [5.74, 6) is 0.584. The Labute approximate surface area is 144 Å². The van der Waals surface area contributed by atoms with Gasteiger partial charge in [0, 0.05) is 19.0 Å². The number of benzene rings is 2. The third-order valence-corrected chi connectivity index (χ3v) is 4.74. The monoisotopic (exact) mass is 344 g/mol. The molecule has 5 nitrogen and oxygen atoms in total. The first-order chi connectivity index (χ1) is 11.6. The molecule has 1 heterocycles. The predicted octanol–water partition coefficient (Wildman–Crippen LogP) is 2.49. The average Bonchev–Trinajstić information content (AvgIpc) is 3.01. The van der Waals surface area contributed by atoms with Gasteiger partial charge in [0.2, 0.25) is 5.91 Å². The highest BCUT2D eigenvalue weighted by Gasteiger charge is 2.21. The molecule has 2 aromatic rings. The van der Waals surface area contributed by atoms with Crippen LogP contribution in [0.5, 0.6) is 5.75 Å². The van der Waals surface area contributed by atoms with Crippen molar-refractivity contribution in [2.75, 3.05) is 6.54 Å². The van der Waals surface area contributed by atoms with E-state index in [0.29, 0.717) is 18.7 Å². The van der Waals surface area contributed by atoms with Crippen LogP contribution >= 0.6 is 0 Å². The summed E-state index contributed by atoms with van der Waals surface area (Å²) >= 11 is -1.65. The van der Waals surface area contributed by atoms with Crippen LogP contribution < -0.4 is 14.2 Å². The standard InChI is InChI=1S/C18H20N2O3S/c1-13-7-9-16(11-17(13)14-5-3-2-4-6-14)23-24(22)19-12-15-8-10-18(21)20-15/h2-7,9,11,15,19H,8,10,12H2,1H3,(H,20,21). The van der Waals surface area contributed by atoms with E-state index in [9.17, 15) is 9.00 Å². The largest absolute Gasteiger partial charge is 0.389 e. The molecule has 2 N–H and O–H groups in total. The lowest BCUT2D eigenvalue weighted by Gasteiger charge is -2.12. The number of hydrogen-bond acceptors (Lipinski definition) is 3. The lowest BCUT2D eigenvalue weighted by atomic mass is 10.0. The Bertz CT molecular complexity index is 749. The highest BCUT2D eigenvalue weighted by molar-refractivity contribution is 7.78. The third kappa shape index (κ3) is 4.21. The fourth-order valence-electron chi connectivity index (χ4n) is 2.70. The smallest absolute Gasteiger partial charge is 0.288 e. The maximum Gasteiger partial charge on any atom is 0.288 e. The zero-order valence-corrected chi connectivity index (χ0v) is 14.3. The molecule has 2 aromatic carbocycles. The SMILES string of the molecule is Cc1ccc(OS(=O)NCC2CCC(=O)N2)cc1-c1ccccc1. The molecule has 6 heteroatoms. The van der Waals surface area contributed by atoms with Crippen molar-refractivity contribution in [3.8, 4) is 16.9 Å². The summed E-state index contributed by atoms with van der Waals surface area (Å²) in [5, 5.41) is 2.82. The Morgan fingerprint density at radius 1 is 1.25 bits per heavy atom. The zero-order valence-electron chi connectivity index (χ0n) is 13.5. The fraction of sp³-hybridized carbons (Fsp3) is 0.278. The van der Waals surface area contributed by atoms with Gasteiger partial charge in [-0.25, -0.2) is 4.72 Å². The van der Waals surface area contributed by atoms with Crippen molar-refractivity contribution in [1.82, 2.24) is 10.0 Å². The molecule has 0 saturated carbocycles. The summed E-state index contributed by atoms with van der Waals surface area (Å²) in [4.78, 5) is 11.1. The number of nitrogens with one attached hydrogen (secondary N) is 2. The number of aryl methyl sites for hydroxylation is 1. The van der Waals surface area contributed by atoms with Gasteiger partial charge in [-0.1, -0.05) is 36.4 Å². The molecule has 1 fully saturated rings. The van der Waals surface area contributed by atoms with Crippen LogP contribution in [0.1, 0.15) is 18.4 Å². The Morgan fingerprint density at radius 3 is 2.75 bits per heavy atom. The number of hydrogen-bond donors (Lipinski definition) is 2. The summed E-state index contributed by atoms with van der Waals surface area (Å²) in [6.45, 7) is 2.46. The first-order valence-electron chi connectivity index (χ1n) is 7.91. The Hall–Kier alpha value is -2.18. The van der Waals surface area contributed by atoms with Crippen LogP contribution in [-0.2, 0) is 16.1 Å². The van der Waals surface area contributed by atoms with E-state index in [-0.39, 0.29) is 11.9 Å². The summed E-state index contributed by atoms with van der Waals surface area (Å²) in [5.41, 5.74) is 3.27. The van der Waals surface area contributed by atoms with Crippen LogP contribution in [0.15, 0.2) is 48.5 Å². The highest BCUT2D eigenvalue weighted by atomic mass is 32.2. The fourth-order valence-corrected chi connectivity index (χ4v) is 3.37. The molecular formula is C18H20N2O3S. The predicted molar refractivity (Wildman–Crippen MR) is 94.6 cm³/mol. The Morgan fingerprint density at radius 2 is 2.04 bits per heavy atom. The van der Waals surface area contributed by atoms with Gasteiger partial charge in [-0.3, -0.25) is 4.79 Å². The molecule has 0 bridgehead atoms. The summed E-state index contributed by atoms with van der Waals surface area (Å²) < 4.78 is 20.3. The van der Waals surface area contributed by atoms with E-state index in [1.807, 2.05) is 49.4 Å². The van der Waals surface area contributed by atoms with Crippen molar-refractivity contribution in [3.05, 3.63) is 54.1 Å². The minimum Gasteiger partial charge on any atom is -0.389 e. The van der Waals surface area contributed by atoms with Crippen LogP contribution in [0.4, 0.5) is 0 Å². The molecular weight excluding hydrogens is 324 g/mol. The van der Waals surface area contributed by atoms with Crippen molar-refractivity contribution in [3.63, 3.8) is 0 Å². The number of carbonyl (C=O) groups is 1. The highest BCUT2D eigenvalue weighted by Crippen LogP contribution is 2.27. The van der Waals surface area contributed by atoms with E-state index in [1.165, 1.54) is 0 Å². The number of amides is 1. The van der Waals surface area contributed by atoms with E-state index in [1.54, 1.807) is 6.07 Å². The second kappa shape index (κ2) is 7.59. The molecule has 2 unspecified atom stereocenters. The lowest BCUT2D eigenvalue weighted by molar-refractivity contribution is -0.119. The summed E-state index contributed by atoms with van der Waals surface area (Å²) in [6, 6.07) is 15.7. The molecule has 0 aliphatic carbocycles. The van der Waals surface area contributed by atoms with Gasteiger partial charge in [0.15, 0.2) is 0 Å². The van der Waals surface area contributed by atoms with Gasteiger partial charge < -0.3 is 9.50 Å². The molecule has 1 aliphatic rings. The Kier molecular flexibility index (Phi) is 5.27. The minimum absolute atomic E-state index is 0.0166. The zero-order chi connectivity index (χ0) is 16.9. The van der Waals surface area contributed by atoms with Gasteiger partial charge in [-0.15, -0.1) is 0 Å². The Balaban J connectivity index is 1.63. The van der Waals surface area contributed by atoms with Crippen molar-refractivity contribution in [2.45, 2.75) is 25.8 Å². The average molecular weight is 344 g/mol. The quantitative estimate of drug-likeness (QED) is 0.846. The van der Waals surface area contributed by atoms with Crippen molar-refractivity contribution in [2.24, 2.45) is 0 Å². The first-order valence-corrected chi connectivity index (χ1v) is 8.98. The lowest BCUT2D eigenvalue weighted by Crippen LogP contribution is -2.37. The van der Waals surface area contributed by atoms with Crippen molar-refractivity contribution >= 4 is 17.2 Å². The molecule has 126 valence electrons.